The third kappa shape index (κ3) is 5.43. The standard InChI is InChI=1S/C15H22N2O4/c1-5-21-13-8-6-12(7-9-13)10-17(3)11(2)14(18)16-15(19)20-4/h6-9,11H,5,10H2,1-4H3,(H,16,18,19)/t11-/m1/s1. The fraction of sp³-hybridized carbons (Fsp3) is 0.467. The quantitative estimate of drug-likeness (QED) is 0.866. The van der Waals surface area contributed by atoms with Crippen LogP contribution in [0.2, 0.25) is 0 Å². The summed E-state index contributed by atoms with van der Waals surface area (Å²) in [6.45, 7) is 4.88. The van der Waals surface area contributed by atoms with Gasteiger partial charge in [-0.25, -0.2) is 4.79 Å². The third-order valence-corrected chi connectivity index (χ3v) is 3.12. The maximum absolute atomic E-state index is 11.8. The summed E-state index contributed by atoms with van der Waals surface area (Å²) >= 11 is 0. The van der Waals surface area contributed by atoms with Crippen LogP contribution in [0.4, 0.5) is 4.79 Å². The molecule has 0 radical (unpaired) electrons. The maximum atomic E-state index is 11.8. The molecular formula is C15H22N2O4. The summed E-state index contributed by atoms with van der Waals surface area (Å²) < 4.78 is 9.78. The van der Waals surface area contributed by atoms with Crippen molar-refractivity contribution in [3.8, 4) is 5.75 Å². The average Bonchev–Trinajstić information content (AvgIpc) is 2.48. The van der Waals surface area contributed by atoms with Gasteiger partial charge in [0.25, 0.3) is 0 Å². The second-order valence-corrected chi connectivity index (χ2v) is 4.65. The Hall–Kier alpha value is -2.08. The zero-order valence-corrected chi connectivity index (χ0v) is 12.9. The summed E-state index contributed by atoms with van der Waals surface area (Å²) in [7, 11) is 3.04. The van der Waals surface area contributed by atoms with Crippen LogP contribution in [0.1, 0.15) is 19.4 Å². The fourth-order valence-electron chi connectivity index (χ4n) is 1.74. The number of amides is 2. The molecule has 0 spiro atoms. The van der Waals surface area contributed by atoms with E-state index >= 15 is 0 Å². The normalized spacial score (nSPS) is 11.9. The van der Waals surface area contributed by atoms with Gasteiger partial charge >= 0.3 is 6.09 Å². The van der Waals surface area contributed by atoms with Crippen molar-refractivity contribution in [3.63, 3.8) is 0 Å². The molecule has 0 bridgehead atoms. The van der Waals surface area contributed by atoms with E-state index in [1.165, 1.54) is 7.11 Å². The van der Waals surface area contributed by atoms with Crippen LogP contribution in [0.15, 0.2) is 24.3 Å². The van der Waals surface area contributed by atoms with Crippen LogP contribution in [-0.2, 0) is 16.1 Å². The predicted molar refractivity (Wildman–Crippen MR) is 79.1 cm³/mol. The van der Waals surface area contributed by atoms with E-state index < -0.39 is 18.0 Å². The van der Waals surface area contributed by atoms with Crippen LogP contribution < -0.4 is 10.1 Å². The first-order chi connectivity index (χ1) is 9.97. The number of carbonyl (C=O) groups is 2. The van der Waals surface area contributed by atoms with Crippen molar-refractivity contribution in [1.29, 1.82) is 0 Å². The Morgan fingerprint density at radius 1 is 1.29 bits per heavy atom. The van der Waals surface area contributed by atoms with Gasteiger partial charge in [-0.2, -0.15) is 0 Å². The van der Waals surface area contributed by atoms with Crippen LogP contribution in [-0.4, -0.2) is 43.7 Å². The number of imide groups is 1. The summed E-state index contributed by atoms with van der Waals surface area (Å²) in [5.41, 5.74) is 1.05. The van der Waals surface area contributed by atoms with Gasteiger partial charge in [0.05, 0.1) is 19.8 Å². The number of hydrogen-bond acceptors (Lipinski definition) is 5. The predicted octanol–water partition coefficient (Wildman–Crippen LogP) is 1.79. The molecule has 1 aromatic rings. The van der Waals surface area contributed by atoms with Gasteiger partial charge in [0.1, 0.15) is 5.75 Å². The molecule has 116 valence electrons. The van der Waals surface area contributed by atoms with Crippen LogP contribution in [0.5, 0.6) is 5.75 Å². The van der Waals surface area contributed by atoms with Gasteiger partial charge < -0.3 is 9.47 Å². The van der Waals surface area contributed by atoms with Crippen LogP contribution in [0, 0.1) is 0 Å². The minimum absolute atomic E-state index is 0.393. The minimum Gasteiger partial charge on any atom is -0.494 e. The van der Waals surface area contributed by atoms with Crippen LogP contribution in [0.3, 0.4) is 0 Å². The van der Waals surface area contributed by atoms with Crippen molar-refractivity contribution in [2.24, 2.45) is 0 Å². The monoisotopic (exact) mass is 294 g/mol. The Bertz CT molecular complexity index is 473. The van der Waals surface area contributed by atoms with Crippen molar-refractivity contribution in [1.82, 2.24) is 10.2 Å². The SMILES string of the molecule is CCOc1ccc(CN(C)[C@H](C)C(=O)NC(=O)OC)cc1. The molecule has 0 aliphatic heterocycles. The molecule has 1 atom stereocenters. The van der Waals surface area contributed by atoms with E-state index in [1.807, 2.05) is 43.1 Å². The highest BCUT2D eigenvalue weighted by atomic mass is 16.5. The topological polar surface area (TPSA) is 67.9 Å². The van der Waals surface area contributed by atoms with Gasteiger partial charge in [-0.15, -0.1) is 0 Å². The van der Waals surface area contributed by atoms with E-state index in [0.717, 1.165) is 11.3 Å². The number of benzene rings is 1. The van der Waals surface area contributed by atoms with E-state index in [1.54, 1.807) is 6.92 Å². The van der Waals surface area contributed by atoms with Crippen LogP contribution in [0.25, 0.3) is 0 Å². The molecule has 0 aromatic heterocycles. The number of alkyl carbamates (subject to hydrolysis) is 1. The average molecular weight is 294 g/mol. The van der Waals surface area contributed by atoms with Gasteiger partial charge in [-0.1, -0.05) is 12.1 Å². The number of carbonyl (C=O) groups excluding carboxylic acids is 2. The number of nitrogens with one attached hydrogen (secondary N) is 1. The molecule has 0 fully saturated rings. The molecule has 1 aromatic carbocycles. The lowest BCUT2D eigenvalue weighted by molar-refractivity contribution is -0.124. The molecule has 0 heterocycles. The lowest BCUT2D eigenvalue weighted by atomic mass is 10.2. The highest BCUT2D eigenvalue weighted by Gasteiger charge is 2.20. The lowest BCUT2D eigenvalue weighted by Crippen LogP contribution is -2.45. The number of hydrogen-bond donors (Lipinski definition) is 1. The highest BCUT2D eigenvalue weighted by Crippen LogP contribution is 2.14. The molecule has 0 saturated heterocycles. The zero-order chi connectivity index (χ0) is 15.8. The fourth-order valence-corrected chi connectivity index (χ4v) is 1.74. The summed E-state index contributed by atoms with van der Waals surface area (Å²) in [5.74, 6) is 0.427. The van der Waals surface area contributed by atoms with E-state index in [0.29, 0.717) is 13.2 Å². The van der Waals surface area contributed by atoms with Crippen LogP contribution >= 0.6 is 0 Å². The first kappa shape index (κ1) is 17.0. The van der Waals surface area contributed by atoms with Gasteiger partial charge in [0.15, 0.2) is 0 Å². The smallest absolute Gasteiger partial charge is 0.413 e. The third-order valence-electron chi connectivity index (χ3n) is 3.12. The maximum Gasteiger partial charge on any atom is 0.413 e. The molecule has 0 saturated carbocycles. The van der Waals surface area contributed by atoms with Gasteiger partial charge in [0.2, 0.25) is 5.91 Å². The molecule has 21 heavy (non-hydrogen) atoms. The van der Waals surface area contributed by atoms with Crippen molar-refractivity contribution < 1.29 is 19.1 Å². The number of likely N-dealkylation sites (N-methyl/N-ethyl adjacent to an activating group) is 1. The molecule has 0 unspecified atom stereocenters. The van der Waals surface area contributed by atoms with E-state index in [4.69, 9.17) is 4.74 Å². The second-order valence-electron chi connectivity index (χ2n) is 4.65. The summed E-state index contributed by atoms with van der Waals surface area (Å²) in [4.78, 5) is 24.7. The van der Waals surface area contributed by atoms with Crippen molar-refractivity contribution in [2.45, 2.75) is 26.4 Å². The summed E-state index contributed by atoms with van der Waals surface area (Å²) in [5, 5.41) is 2.16. The first-order valence-electron chi connectivity index (χ1n) is 6.78. The Morgan fingerprint density at radius 3 is 2.43 bits per heavy atom. The molecule has 6 heteroatoms. The van der Waals surface area contributed by atoms with Gasteiger partial charge in [-0.05, 0) is 38.6 Å². The first-order valence-corrected chi connectivity index (χ1v) is 6.78. The molecule has 0 aliphatic rings. The summed E-state index contributed by atoms with van der Waals surface area (Å²) in [6.07, 6.45) is -0.749. The van der Waals surface area contributed by atoms with E-state index in [2.05, 4.69) is 10.1 Å². The van der Waals surface area contributed by atoms with Gasteiger partial charge in [-0.3, -0.25) is 15.0 Å². The number of rotatable bonds is 6. The van der Waals surface area contributed by atoms with E-state index in [-0.39, 0.29) is 0 Å². The minimum atomic E-state index is -0.749. The Labute approximate surface area is 125 Å². The van der Waals surface area contributed by atoms with Crippen molar-refractivity contribution in [3.05, 3.63) is 29.8 Å². The largest absolute Gasteiger partial charge is 0.494 e. The van der Waals surface area contributed by atoms with Gasteiger partial charge in [0, 0.05) is 6.54 Å². The second kappa shape index (κ2) is 8.26. The highest BCUT2D eigenvalue weighted by molar-refractivity contribution is 5.94. The molecule has 1 N–H and O–H groups in total. The Morgan fingerprint density at radius 2 is 1.90 bits per heavy atom. The lowest BCUT2D eigenvalue weighted by Gasteiger charge is -2.23. The molecule has 2 amide bonds. The number of nitrogens with zero attached hydrogens (tertiary/aromatic N) is 1. The number of ether oxygens (including phenoxy) is 2. The van der Waals surface area contributed by atoms with Crippen molar-refractivity contribution in [2.75, 3.05) is 20.8 Å². The molecule has 1 rings (SSSR count). The zero-order valence-electron chi connectivity index (χ0n) is 12.9. The molecular weight excluding hydrogens is 272 g/mol. The van der Waals surface area contributed by atoms with E-state index in [9.17, 15) is 9.59 Å². The Balaban J connectivity index is 2.56. The van der Waals surface area contributed by atoms with Crippen molar-refractivity contribution >= 4 is 12.0 Å². The molecule has 6 nitrogen and oxygen atoms in total. The molecule has 0 aliphatic carbocycles. The number of methoxy groups -OCH3 is 1. The summed E-state index contributed by atoms with van der Waals surface area (Å²) in [6, 6.07) is 7.24. The Kier molecular flexibility index (Phi) is 6.68.